The minimum atomic E-state index is 0.00722. The number of unbranched alkanes of at least 4 members (excludes halogenated alkanes) is 6. The van der Waals surface area contributed by atoms with Crippen LogP contribution >= 0.6 is 11.6 Å². The van der Waals surface area contributed by atoms with E-state index in [9.17, 15) is 0 Å². The van der Waals surface area contributed by atoms with Crippen molar-refractivity contribution in [3.05, 3.63) is 11.9 Å². The Hall–Kier alpha value is -0.570. The zero-order valence-corrected chi connectivity index (χ0v) is 12.5. The smallest absolute Gasteiger partial charge is 0.100 e. The van der Waals surface area contributed by atoms with Gasteiger partial charge in [0, 0.05) is 12.7 Å². The van der Waals surface area contributed by atoms with Gasteiger partial charge in [0.2, 0.25) is 0 Å². The summed E-state index contributed by atoms with van der Waals surface area (Å²) in [6, 6.07) is 0. The number of aromatic nitrogens is 3. The molecule has 0 N–H and O–H groups in total. The minimum Gasteiger partial charge on any atom is -0.252 e. The predicted molar refractivity (Wildman–Crippen MR) is 76.9 cm³/mol. The normalized spacial score (nSPS) is 12.8. The molecular weight excluding hydrogens is 246 g/mol. The van der Waals surface area contributed by atoms with Crippen LogP contribution in [0.5, 0.6) is 0 Å². The monoisotopic (exact) mass is 271 g/mol. The van der Waals surface area contributed by atoms with Crippen LogP contribution in [0.1, 0.15) is 76.3 Å². The second kappa shape index (κ2) is 9.37. The van der Waals surface area contributed by atoms with Gasteiger partial charge in [-0.3, -0.25) is 4.68 Å². The van der Waals surface area contributed by atoms with Crippen molar-refractivity contribution in [2.45, 2.75) is 77.1 Å². The quantitative estimate of drug-likeness (QED) is 0.455. The van der Waals surface area contributed by atoms with Crippen molar-refractivity contribution < 1.29 is 0 Å². The number of alkyl halides is 1. The summed E-state index contributed by atoms with van der Waals surface area (Å²) in [5, 5.41) is 8.23. The van der Waals surface area contributed by atoms with Gasteiger partial charge in [-0.2, -0.15) is 0 Å². The summed E-state index contributed by atoms with van der Waals surface area (Å²) < 4.78 is 1.92. The lowest BCUT2D eigenvalue weighted by molar-refractivity contribution is 0.513. The largest absolute Gasteiger partial charge is 0.252 e. The van der Waals surface area contributed by atoms with Crippen LogP contribution in [0.2, 0.25) is 0 Å². The Balaban J connectivity index is 2.10. The number of hydrogen-bond acceptors (Lipinski definition) is 2. The fraction of sp³-hybridized carbons (Fsp3) is 0.857. The standard InChI is InChI=1S/C14H26ClN3/c1-3-5-6-7-8-9-10-11-18-12-14(16-17-18)13(15)4-2/h12-13H,3-11H2,1-2H3. The maximum Gasteiger partial charge on any atom is 0.100 e. The van der Waals surface area contributed by atoms with Crippen LogP contribution in [-0.4, -0.2) is 15.0 Å². The lowest BCUT2D eigenvalue weighted by atomic mass is 10.1. The molecule has 3 nitrogen and oxygen atoms in total. The molecule has 0 aliphatic carbocycles. The van der Waals surface area contributed by atoms with Gasteiger partial charge < -0.3 is 0 Å². The Bertz CT molecular complexity index is 312. The Morgan fingerprint density at radius 2 is 1.78 bits per heavy atom. The van der Waals surface area contributed by atoms with Gasteiger partial charge in [-0.1, -0.05) is 57.6 Å². The van der Waals surface area contributed by atoms with Crippen LogP contribution in [0.3, 0.4) is 0 Å². The van der Waals surface area contributed by atoms with Gasteiger partial charge >= 0.3 is 0 Å². The van der Waals surface area contributed by atoms with Crippen molar-refractivity contribution in [1.82, 2.24) is 15.0 Å². The maximum atomic E-state index is 6.12. The van der Waals surface area contributed by atoms with Gasteiger partial charge in [0.25, 0.3) is 0 Å². The Morgan fingerprint density at radius 1 is 1.11 bits per heavy atom. The lowest BCUT2D eigenvalue weighted by Gasteiger charge is -2.02. The maximum absolute atomic E-state index is 6.12. The molecule has 1 heterocycles. The first-order valence-electron chi connectivity index (χ1n) is 7.32. The highest BCUT2D eigenvalue weighted by Crippen LogP contribution is 2.20. The molecule has 0 radical (unpaired) electrons. The first-order valence-corrected chi connectivity index (χ1v) is 7.75. The molecule has 1 unspecified atom stereocenters. The summed E-state index contributed by atoms with van der Waals surface area (Å²) in [5.74, 6) is 0. The second-order valence-corrected chi connectivity index (χ2v) is 5.43. The molecule has 0 aromatic carbocycles. The number of rotatable bonds is 10. The Morgan fingerprint density at radius 3 is 2.44 bits per heavy atom. The average molecular weight is 272 g/mol. The van der Waals surface area contributed by atoms with E-state index in [2.05, 4.69) is 24.2 Å². The summed E-state index contributed by atoms with van der Waals surface area (Å²) in [4.78, 5) is 0. The van der Waals surface area contributed by atoms with Crippen LogP contribution in [0.25, 0.3) is 0 Å². The highest BCUT2D eigenvalue weighted by Gasteiger charge is 2.09. The van der Waals surface area contributed by atoms with E-state index in [1.807, 2.05) is 10.9 Å². The second-order valence-electron chi connectivity index (χ2n) is 4.90. The molecule has 1 rings (SSSR count). The fourth-order valence-electron chi connectivity index (χ4n) is 2.01. The van der Waals surface area contributed by atoms with Crippen LogP contribution in [-0.2, 0) is 6.54 Å². The predicted octanol–water partition coefficient (Wildman–Crippen LogP) is 4.72. The van der Waals surface area contributed by atoms with Crippen molar-refractivity contribution in [2.24, 2.45) is 0 Å². The average Bonchev–Trinajstić information content (AvgIpc) is 2.85. The molecular formula is C14H26ClN3. The van der Waals surface area contributed by atoms with E-state index in [0.29, 0.717) is 0 Å². The Labute approximate surface area is 116 Å². The van der Waals surface area contributed by atoms with Crippen molar-refractivity contribution in [3.63, 3.8) is 0 Å². The first-order chi connectivity index (χ1) is 8.77. The van der Waals surface area contributed by atoms with Crippen molar-refractivity contribution in [2.75, 3.05) is 0 Å². The molecule has 4 heteroatoms. The van der Waals surface area contributed by atoms with Crippen LogP contribution in [0, 0.1) is 0 Å². The van der Waals surface area contributed by atoms with Crippen LogP contribution in [0.15, 0.2) is 6.20 Å². The molecule has 104 valence electrons. The number of halogens is 1. The van der Waals surface area contributed by atoms with Gasteiger partial charge in [-0.15, -0.1) is 16.7 Å². The van der Waals surface area contributed by atoms with Crippen LogP contribution in [0.4, 0.5) is 0 Å². The van der Waals surface area contributed by atoms with Crippen molar-refractivity contribution in [3.8, 4) is 0 Å². The SMILES string of the molecule is CCCCCCCCCn1cc(C(Cl)CC)nn1. The van der Waals surface area contributed by atoms with Gasteiger partial charge in [0.05, 0.1) is 5.38 Å². The summed E-state index contributed by atoms with van der Waals surface area (Å²) in [6.07, 6.45) is 12.2. The first kappa shape index (κ1) is 15.5. The van der Waals surface area contributed by atoms with Gasteiger partial charge in [-0.25, -0.2) is 0 Å². The number of hydrogen-bond donors (Lipinski definition) is 0. The zero-order valence-electron chi connectivity index (χ0n) is 11.7. The van der Waals surface area contributed by atoms with Crippen molar-refractivity contribution in [1.29, 1.82) is 0 Å². The molecule has 0 amide bonds. The van der Waals surface area contributed by atoms with E-state index in [0.717, 1.165) is 18.7 Å². The van der Waals surface area contributed by atoms with Crippen LogP contribution < -0.4 is 0 Å². The molecule has 0 fully saturated rings. The van der Waals surface area contributed by atoms with Crippen molar-refractivity contribution >= 4 is 11.6 Å². The molecule has 0 saturated carbocycles. The van der Waals surface area contributed by atoms with E-state index in [-0.39, 0.29) is 5.38 Å². The van der Waals surface area contributed by atoms with Gasteiger partial charge in [-0.05, 0) is 12.8 Å². The minimum absolute atomic E-state index is 0.00722. The summed E-state index contributed by atoms with van der Waals surface area (Å²) in [5.41, 5.74) is 0.905. The number of nitrogens with zero attached hydrogens (tertiary/aromatic N) is 3. The van der Waals surface area contributed by atoms with E-state index >= 15 is 0 Å². The number of aryl methyl sites for hydroxylation is 1. The zero-order chi connectivity index (χ0) is 13.2. The third-order valence-corrected chi connectivity index (χ3v) is 3.76. The highest BCUT2D eigenvalue weighted by molar-refractivity contribution is 6.20. The topological polar surface area (TPSA) is 30.7 Å². The van der Waals surface area contributed by atoms with Gasteiger partial charge in [0.15, 0.2) is 0 Å². The summed E-state index contributed by atoms with van der Waals surface area (Å²) >= 11 is 6.12. The molecule has 0 spiro atoms. The van der Waals surface area contributed by atoms with E-state index in [1.54, 1.807) is 0 Å². The summed E-state index contributed by atoms with van der Waals surface area (Å²) in [6.45, 7) is 5.28. The molecule has 0 aliphatic heterocycles. The van der Waals surface area contributed by atoms with E-state index < -0.39 is 0 Å². The van der Waals surface area contributed by atoms with Gasteiger partial charge in [0.1, 0.15) is 5.69 Å². The molecule has 1 aromatic heterocycles. The van der Waals surface area contributed by atoms with E-state index in [1.165, 1.54) is 44.9 Å². The molecule has 18 heavy (non-hydrogen) atoms. The lowest BCUT2D eigenvalue weighted by Crippen LogP contribution is -1.98. The highest BCUT2D eigenvalue weighted by atomic mass is 35.5. The molecule has 0 bridgehead atoms. The molecule has 0 saturated heterocycles. The third kappa shape index (κ3) is 5.85. The summed E-state index contributed by atoms with van der Waals surface area (Å²) in [7, 11) is 0. The third-order valence-electron chi connectivity index (χ3n) is 3.23. The molecule has 0 aliphatic rings. The molecule has 1 aromatic rings. The fourth-order valence-corrected chi connectivity index (χ4v) is 2.11. The van der Waals surface area contributed by atoms with E-state index in [4.69, 9.17) is 11.6 Å². The molecule has 1 atom stereocenters. The Kier molecular flexibility index (Phi) is 8.06.